The van der Waals surface area contributed by atoms with Crippen molar-refractivity contribution in [1.29, 1.82) is 0 Å². The predicted octanol–water partition coefficient (Wildman–Crippen LogP) is 3.65. The van der Waals surface area contributed by atoms with Gasteiger partial charge in [0, 0.05) is 17.8 Å². The molecule has 18 heavy (non-hydrogen) atoms. The van der Waals surface area contributed by atoms with Gasteiger partial charge in [-0.1, -0.05) is 18.2 Å². The number of hydrogen-bond donors (Lipinski definition) is 0. The highest BCUT2D eigenvalue weighted by molar-refractivity contribution is 6.17. The van der Waals surface area contributed by atoms with Crippen molar-refractivity contribution in [1.82, 2.24) is 4.98 Å². The van der Waals surface area contributed by atoms with E-state index in [0.717, 1.165) is 30.0 Å². The number of para-hydroxylation sites is 1. The number of fused-ring (bicyclic) bond motifs is 1. The number of aromatic nitrogens is 1. The van der Waals surface area contributed by atoms with Crippen LogP contribution in [0.2, 0.25) is 0 Å². The van der Waals surface area contributed by atoms with Crippen molar-refractivity contribution in [2.45, 2.75) is 12.3 Å². The van der Waals surface area contributed by atoms with E-state index in [0.29, 0.717) is 0 Å². The van der Waals surface area contributed by atoms with Gasteiger partial charge in [-0.2, -0.15) is 0 Å². The van der Waals surface area contributed by atoms with E-state index >= 15 is 0 Å². The first-order valence-corrected chi connectivity index (χ1v) is 6.39. The number of benzene rings is 1. The van der Waals surface area contributed by atoms with Gasteiger partial charge in [0.15, 0.2) is 0 Å². The maximum atomic E-state index is 13.2. The van der Waals surface area contributed by atoms with Gasteiger partial charge in [-0.15, -0.1) is 11.6 Å². The van der Waals surface area contributed by atoms with Gasteiger partial charge < -0.3 is 4.90 Å². The first-order chi connectivity index (χ1) is 8.79. The molecule has 0 bridgehead atoms. The van der Waals surface area contributed by atoms with Crippen LogP contribution in [0.5, 0.6) is 0 Å². The number of rotatable bonds is 2. The van der Waals surface area contributed by atoms with E-state index in [1.807, 2.05) is 12.1 Å². The minimum Gasteiger partial charge on any atom is -0.326 e. The summed E-state index contributed by atoms with van der Waals surface area (Å²) in [7, 11) is 0. The third-order valence-corrected chi connectivity index (χ3v) is 3.48. The summed E-state index contributed by atoms with van der Waals surface area (Å²) in [6.07, 6.45) is 2.23. The lowest BCUT2D eigenvalue weighted by atomic mass is 10.2. The third-order valence-electron chi connectivity index (χ3n) is 3.20. The van der Waals surface area contributed by atoms with E-state index in [1.54, 1.807) is 0 Å². The Kier molecular flexibility index (Phi) is 2.92. The molecule has 1 aromatic heterocycles. The summed E-state index contributed by atoms with van der Waals surface area (Å²) in [5.41, 5.74) is 3.17. The van der Waals surface area contributed by atoms with E-state index in [4.69, 9.17) is 11.6 Å². The molecule has 0 atom stereocenters. The van der Waals surface area contributed by atoms with Crippen molar-refractivity contribution in [3.8, 4) is 0 Å². The van der Waals surface area contributed by atoms with Crippen LogP contribution in [0.3, 0.4) is 0 Å². The molecule has 0 N–H and O–H groups in total. The molecule has 0 saturated heterocycles. The van der Waals surface area contributed by atoms with Crippen LogP contribution in [-0.4, -0.2) is 11.5 Å². The summed E-state index contributed by atoms with van der Waals surface area (Å²) in [6.45, 7) is 0.863. The lowest BCUT2D eigenvalue weighted by Crippen LogP contribution is -2.16. The zero-order valence-electron chi connectivity index (χ0n) is 9.74. The fraction of sp³-hybridized carbons (Fsp3) is 0.214. The maximum Gasteiger partial charge on any atom is 0.141 e. The number of halogens is 2. The molecule has 0 radical (unpaired) electrons. The van der Waals surface area contributed by atoms with Crippen LogP contribution in [0.15, 0.2) is 36.5 Å². The molecule has 0 fully saturated rings. The number of anilines is 2. The fourth-order valence-corrected chi connectivity index (χ4v) is 2.57. The van der Waals surface area contributed by atoms with E-state index in [2.05, 4.69) is 22.0 Å². The van der Waals surface area contributed by atoms with Crippen LogP contribution >= 0.6 is 11.6 Å². The zero-order chi connectivity index (χ0) is 12.5. The molecule has 0 saturated carbocycles. The molecular weight excluding hydrogens is 251 g/mol. The van der Waals surface area contributed by atoms with Crippen LogP contribution in [0.25, 0.3) is 0 Å². The maximum absolute atomic E-state index is 13.2. The number of hydrogen-bond acceptors (Lipinski definition) is 2. The Balaban J connectivity index is 2.07. The Labute approximate surface area is 110 Å². The lowest BCUT2D eigenvalue weighted by molar-refractivity contribution is 0.619. The molecule has 0 amide bonds. The SMILES string of the molecule is Fc1cnc(N2CCc3ccccc32)c(CCl)c1. The Hall–Kier alpha value is -1.61. The minimum atomic E-state index is -0.345. The van der Waals surface area contributed by atoms with Gasteiger partial charge in [0.05, 0.1) is 12.1 Å². The monoisotopic (exact) mass is 262 g/mol. The fourth-order valence-electron chi connectivity index (χ4n) is 2.37. The van der Waals surface area contributed by atoms with Crippen molar-refractivity contribution in [2.24, 2.45) is 0 Å². The van der Waals surface area contributed by atoms with Gasteiger partial charge in [-0.3, -0.25) is 0 Å². The molecule has 0 spiro atoms. The summed E-state index contributed by atoms with van der Waals surface area (Å²) in [5.74, 6) is 0.678. The highest BCUT2D eigenvalue weighted by atomic mass is 35.5. The molecule has 1 aromatic carbocycles. The molecule has 92 valence electrons. The molecule has 1 aliphatic rings. The third kappa shape index (κ3) is 1.85. The summed E-state index contributed by atoms with van der Waals surface area (Å²) < 4.78 is 13.2. The van der Waals surface area contributed by atoms with Crippen LogP contribution in [0.4, 0.5) is 15.9 Å². The standard InChI is InChI=1S/C14H12ClFN2/c15-8-11-7-12(16)9-17-14(11)18-6-5-10-3-1-2-4-13(10)18/h1-4,7,9H,5-6,8H2. The van der Waals surface area contributed by atoms with Gasteiger partial charge in [0.2, 0.25) is 0 Å². The van der Waals surface area contributed by atoms with Gasteiger partial charge >= 0.3 is 0 Å². The molecule has 2 aromatic rings. The largest absolute Gasteiger partial charge is 0.326 e. The molecule has 2 nitrogen and oxygen atoms in total. The second-order valence-electron chi connectivity index (χ2n) is 4.30. The van der Waals surface area contributed by atoms with E-state index in [-0.39, 0.29) is 11.7 Å². The molecule has 1 aliphatic heterocycles. The summed E-state index contributed by atoms with van der Waals surface area (Å²) in [4.78, 5) is 6.30. The summed E-state index contributed by atoms with van der Waals surface area (Å²) >= 11 is 5.88. The smallest absolute Gasteiger partial charge is 0.141 e. The lowest BCUT2D eigenvalue weighted by Gasteiger charge is -2.20. The Morgan fingerprint density at radius 2 is 2.17 bits per heavy atom. The van der Waals surface area contributed by atoms with Gasteiger partial charge in [0.1, 0.15) is 11.6 Å². The average molecular weight is 263 g/mol. The molecule has 2 heterocycles. The Morgan fingerprint density at radius 1 is 1.33 bits per heavy atom. The average Bonchev–Trinajstić information content (AvgIpc) is 2.82. The number of alkyl halides is 1. The quantitative estimate of drug-likeness (QED) is 0.768. The normalized spacial score (nSPS) is 13.8. The topological polar surface area (TPSA) is 16.1 Å². The Morgan fingerprint density at radius 3 is 3.00 bits per heavy atom. The second-order valence-corrected chi connectivity index (χ2v) is 4.57. The van der Waals surface area contributed by atoms with E-state index in [1.165, 1.54) is 17.8 Å². The first kappa shape index (κ1) is 11.5. The van der Waals surface area contributed by atoms with Gasteiger partial charge in [0.25, 0.3) is 0 Å². The molecule has 4 heteroatoms. The van der Waals surface area contributed by atoms with Gasteiger partial charge in [-0.05, 0) is 24.1 Å². The number of nitrogens with zero attached hydrogens (tertiary/aromatic N) is 2. The van der Waals surface area contributed by atoms with Crippen LogP contribution in [0, 0.1) is 5.82 Å². The highest BCUT2D eigenvalue weighted by Crippen LogP contribution is 2.35. The zero-order valence-corrected chi connectivity index (χ0v) is 10.5. The van der Waals surface area contributed by atoms with Crippen LogP contribution < -0.4 is 4.90 Å². The Bertz CT molecular complexity index is 586. The minimum absolute atomic E-state index is 0.263. The molecule has 0 aliphatic carbocycles. The summed E-state index contributed by atoms with van der Waals surface area (Å²) in [6, 6.07) is 9.66. The van der Waals surface area contributed by atoms with Crippen LogP contribution in [-0.2, 0) is 12.3 Å². The molecule has 0 unspecified atom stereocenters. The molecule has 3 rings (SSSR count). The van der Waals surface area contributed by atoms with Crippen molar-refractivity contribution in [3.05, 3.63) is 53.5 Å². The van der Waals surface area contributed by atoms with Gasteiger partial charge in [-0.25, -0.2) is 9.37 Å². The van der Waals surface area contributed by atoms with Crippen LogP contribution in [0.1, 0.15) is 11.1 Å². The van der Waals surface area contributed by atoms with Crippen molar-refractivity contribution in [2.75, 3.05) is 11.4 Å². The first-order valence-electron chi connectivity index (χ1n) is 5.85. The van der Waals surface area contributed by atoms with Crippen molar-refractivity contribution >= 4 is 23.1 Å². The van der Waals surface area contributed by atoms with E-state index < -0.39 is 0 Å². The second kappa shape index (κ2) is 4.58. The van der Waals surface area contributed by atoms with Crippen molar-refractivity contribution < 1.29 is 4.39 Å². The number of pyridine rings is 1. The van der Waals surface area contributed by atoms with Crippen molar-refractivity contribution in [3.63, 3.8) is 0 Å². The molecular formula is C14H12ClFN2. The van der Waals surface area contributed by atoms with E-state index in [9.17, 15) is 4.39 Å². The summed E-state index contributed by atoms with van der Waals surface area (Å²) in [5, 5.41) is 0. The highest BCUT2D eigenvalue weighted by Gasteiger charge is 2.22. The predicted molar refractivity (Wildman–Crippen MR) is 70.9 cm³/mol.